The lowest BCUT2D eigenvalue weighted by molar-refractivity contribution is -0.170. The van der Waals surface area contributed by atoms with E-state index in [0.29, 0.717) is 11.3 Å². The van der Waals surface area contributed by atoms with E-state index in [1.54, 1.807) is 39.8 Å². The van der Waals surface area contributed by atoms with Crippen molar-refractivity contribution in [3.8, 4) is 0 Å². The van der Waals surface area contributed by atoms with E-state index in [9.17, 15) is 14.1 Å². The molecule has 0 saturated carbocycles. The van der Waals surface area contributed by atoms with Crippen LogP contribution < -0.4 is 4.72 Å². The van der Waals surface area contributed by atoms with Crippen LogP contribution in [0.3, 0.4) is 0 Å². The van der Waals surface area contributed by atoms with Crippen LogP contribution in [-0.2, 0) is 25.7 Å². The maximum Gasteiger partial charge on any atom is 0.322 e. The Kier molecular flexibility index (Phi) is 7.08. The van der Waals surface area contributed by atoms with Gasteiger partial charge in [-0.15, -0.1) is 0 Å². The van der Waals surface area contributed by atoms with Gasteiger partial charge in [-0.3, -0.25) is 9.59 Å². The van der Waals surface area contributed by atoms with E-state index in [-0.39, 0.29) is 5.92 Å². The minimum atomic E-state index is -1.73. The zero-order valence-corrected chi connectivity index (χ0v) is 17.0. The average Bonchev–Trinajstić information content (AvgIpc) is 2.45. The lowest BCUT2D eigenvalue weighted by atomic mass is 9.81. The third-order valence-corrected chi connectivity index (χ3v) is 4.66. The van der Waals surface area contributed by atoms with Crippen molar-refractivity contribution in [3.63, 3.8) is 0 Å². The largest absolute Gasteiger partial charge is 0.588 e. The van der Waals surface area contributed by atoms with Crippen LogP contribution in [0.5, 0.6) is 0 Å². The van der Waals surface area contributed by atoms with Crippen LogP contribution in [0.4, 0.5) is 0 Å². The summed E-state index contributed by atoms with van der Waals surface area (Å²) < 4.78 is 20.3. The molecule has 0 spiro atoms. The smallest absolute Gasteiger partial charge is 0.322 e. The summed E-state index contributed by atoms with van der Waals surface area (Å²) in [6.07, 6.45) is 0.304. The summed E-state index contributed by atoms with van der Waals surface area (Å²) in [6.45, 7) is 12.6. The van der Waals surface area contributed by atoms with Gasteiger partial charge in [-0.05, 0) is 59.1 Å². The Labute approximate surface area is 153 Å². The molecule has 0 aromatic heterocycles. The summed E-state index contributed by atoms with van der Waals surface area (Å²) in [5, 5.41) is 0. The number of aryl methyl sites for hydroxylation is 1. The number of carbonyl (C=O) groups excluding carboxylic acids is 2. The van der Waals surface area contributed by atoms with E-state index in [1.165, 1.54) is 0 Å². The Bertz CT molecular complexity index is 607. The molecule has 140 valence electrons. The molecule has 0 aliphatic rings. The van der Waals surface area contributed by atoms with E-state index in [2.05, 4.69) is 4.72 Å². The number of benzene rings is 1. The van der Waals surface area contributed by atoms with Gasteiger partial charge in [-0.2, -0.15) is 4.72 Å². The zero-order valence-electron chi connectivity index (χ0n) is 16.1. The summed E-state index contributed by atoms with van der Waals surface area (Å²) in [7, 11) is 0. The normalized spacial score (nSPS) is 15.4. The molecule has 0 fully saturated rings. The number of nitrogens with one attached hydrogen (secondary N) is 1. The highest BCUT2D eigenvalue weighted by molar-refractivity contribution is 7.90. The fourth-order valence-electron chi connectivity index (χ4n) is 2.39. The highest BCUT2D eigenvalue weighted by atomic mass is 32.2. The van der Waals surface area contributed by atoms with Crippen molar-refractivity contribution in [2.45, 2.75) is 65.4 Å². The Morgan fingerprint density at radius 2 is 1.68 bits per heavy atom. The van der Waals surface area contributed by atoms with Crippen LogP contribution >= 0.6 is 0 Å². The standard InChI is InChI=1S/C19H29NO4S/c1-13(2)12-19(7,17(22)24-18(4,5)6)16(21)20-25(23)15-10-8-14(3)9-11-15/h8-11,13H,12H2,1-7H3,(H,20,21). The highest BCUT2D eigenvalue weighted by Gasteiger charge is 2.46. The van der Waals surface area contributed by atoms with Crippen molar-refractivity contribution in [2.24, 2.45) is 11.3 Å². The Morgan fingerprint density at radius 3 is 2.12 bits per heavy atom. The summed E-state index contributed by atoms with van der Waals surface area (Å²) in [5.41, 5.74) is -1.07. The topological polar surface area (TPSA) is 78.5 Å². The molecule has 0 bridgehead atoms. The predicted octanol–water partition coefficient (Wildman–Crippen LogP) is 3.53. The molecular weight excluding hydrogens is 338 g/mol. The van der Waals surface area contributed by atoms with Crippen molar-refractivity contribution in [2.75, 3.05) is 0 Å². The fraction of sp³-hybridized carbons (Fsp3) is 0.579. The maximum absolute atomic E-state index is 12.8. The Morgan fingerprint density at radius 1 is 1.16 bits per heavy atom. The molecule has 0 saturated heterocycles. The summed E-state index contributed by atoms with van der Waals surface area (Å²) in [6, 6.07) is 7.03. The van der Waals surface area contributed by atoms with Crippen molar-refractivity contribution in [1.82, 2.24) is 4.72 Å². The van der Waals surface area contributed by atoms with E-state index in [0.717, 1.165) is 5.56 Å². The molecular formula is C19H29NO4S. The van der Waals surface area contributed by atoms with Crippen LogP contribution in [0.2, 0.25) is 0 Å². The molecule has 0 aliphatic carbocycles. The van der Waals surface area contributed by atoms with Crippen molar-refractivity contribution >= 4 is 23.2 Å². The number of ether oxygens (including phenoxy) is 1. The fourth-order valence-corrected chi connectivity index (χ4v) is 3.29. The first-order valence-corrected chi connectivity index (χ1v) is 9.53. The number of amides is 1. The molecule has 5 nitrogen and oxygen atoms in total. The molecule has 1 amide bonds. The van der Waals surface area contributed by atoms with Crippen LogP contribution in [0.1, 0.15) is 53.5 Å². The van der Waals surface area contributed by atoms with Crippen LogP contribution in [0, 0.1) is 18.3 Å². The molecule has 0 aliphatic heterocycles. The quantitative estimate of drug-likeness (QED) is 0.474. The first kappa shape index (κ1) is 21.5. The van der Waals surface area contributed by atoms with Crippen LogP contribution in [-0.4, -0.2) is 22.0 Å². The van der Waals surface area contributed by atoms with Gasteiger partial charge in [-0.1, -0.05) is 31.5 Å². The Hall–Kier alpha value is -1.53. The van der Waals surface area contributed by atoms with Crippen molar-refractivity contribution in [3.05, 3.63) is 29.8 Å². The molecule has 1 rings (SSSR count). The highest BCUT2D eigenvalue weighted by Crippen LogP contribution is 2.31. The second-order valence-electron chi connectivity index (χ2n) is 7.94. The Balaban J connectivity index is 2.99. The summed E-state index contributed by atoms with van der Waals surface area (Å²) in [5.74, 6) is -1.10. The number of rotatable bonds is 6. The first-order valence-electron chi connectivity index (χ1n) is 8.38. The second-order valence-corrected chi connectivity index (χ2v) is 9.16. The molecule has 0 heterocycles. The van der Waals surface area contributed by atoms with Gasteiger partial charge in [0.05, 0.1) is 0 Å². The van der Waals surface area contributed by atoms with Gasteiger partial charge in [-0.25, -0.2) is 0 Å². The summed E-state index contributed by atoms with van der Waals surface area (Å²) >= 11 is -1.73. The van der Waals surface area contributed by atoms with Gasteiger partial charge in [0.25, 0.3) is 5.91 Å². The van der Waals surface area contributed by atoms with Crippen LogP contribution in [0.25, 0.3) is 0 Å². The third-order valence-electron chi connectivity index (χ3n) is 3.59. The monoisotopic (exact) mass is 367 g/mol. The molecule has 1 aromatic rings. The first-order chi connectivity index (χ1) is 11.3. The van der Waals surface area contributed by atoms with Gasteiger partial charge in [0.2, 0.25) is 0 Å². The molecule has 25 heavy (non-hydrogen) atoms. The number of carbonyl (C=O) groups is 2. The van der Waals surface area contributed by atoms with Crippen molar-refractivity contribution in [1.29, 1.82) is 0 Å². The molecule has 6 heteroatoms. The molecule has 1 N–H and O–H groups in total. The zero-order chi connectivity index (χ0) is 19.4. The maximum atomic E-state index is 12.8. The predicted molar refractivity (Wildman–Crippen MR) is 99.1 cm³/mol. The number of hydrogen-bond acceptors (Lipinski definition) is 4. The third kappa shape index (κ3) is 6.36. The molecule has 0 radical (unpaired) electrons. The lowest BCUT2D eigenvalue weighted by Crippen LogP contribution is -2.49. The number of hydrogen-bond donors (Lipinski definition) is 1. The van der Waals surface area contributed by atoms with Crippen molar-refractivity contribution < 1.29 is 18.9 Å². The van der Waals surface area contributed by atoms with E-state index >= 15 is 0 Å². The van der Waals surface area contributed by atoms with Gasteiger partial charge in [0, 0.05) is 0 Å². The van der Waals surface area contributed by atoms with Gasteiger partial charge >= 0.3 is 5.97 Å². The van der Waals surface area contributed by atoms with E-state index < -0.39 is 34.3 Å². The number of esters is 1. The van der Waals surface area contributed by atoms with E-state index in [1.807, 2.05) is 32.9 Å². The second kappa shape index (κ2) is 8.23. The molecule has 2 atom stereocenters. The average molecular weight is 368 g/mol. The minimum Gasteiger partial charge on any atom is -0.588 e. The van der Waals surface area contributed by atoms with Gasteiger partial charge in [0.15, 0.2) is 4.90 Å². The lowest BCUT2D eigenvalue weighted by Gasteiger charge is -2.31. The molecule has 1 aromatic carbocycles. The van der Waals surface area contributed by atoms with Crippen LogP contribution in [0.15, 0.2) is 29.2 Å². The van der Waals surface area contributed by atoms with Gasteiger partial charge in [0.1, 0.15) is 22.4 Å². The minimum absolute atomic E-state index is 0.0936. The SMILES string of the molecule is Cc1ccc([S+]([O-])NC(=O)C(C)(CC(C)C)C(=O)OC(C)(C)C)cc1. The molecule has 2 unspecified atom stereocenters. The van der Waals surface area contributed by atoms with E-state index in [4.69, 9.17) is 4.74 Å². The summed E-state index contributed by atoms with van der Waals surface area (Å²) in [4.78, 5) is 25.9. The van der Waals surface area contributed by atoms with Gasteiger partial charge < -0.3 is 9.29 Å².